The van der Waals surface area contributed by atoms with Crippen LogP contribution < -0.4 is 0 Å². The van der Waals surface area contributed by atoms with E-state index in [9.17, 15) is 5.11 Å². The maximum absolute atomic E-state index is 9.70. The number of fused-ring (bicyclic) bond motifs is 2. The number of hydrogen-bond acceptors (Lipinski definition) is 3. The molecule has 3 heteroatoms. The molecule has 3 nitrogen and oxygen atoms in total. The SMILES string of the molecule is CC[C@]12OC[C@H](O[C@H]1C)[C@@H]2O. The minimum Gasteiger partial charge on any atom is -0.387 e. The molecule has 0 unspecified atom stereocenters. The summed E-state index contributed by atoms with van der Waals surface area (Å²) in [5, 5.41) is 9.70. The van der Waals surface area contributed by atoms with Crippen LogP contribution in [0.3, 0.4) is 0 Å². The Bertz CT molecular complexity index is 171. The lowest BCUT2D eigenvalue weighted by Gasteiger charge is -2.31. The molecule has 1 N–H and O–H groups in total. The number of aliphatic hydroxyl groups is 1. The van der Waals surface area contributed by atoms with E-state index in [1.165, 1.54) is 0 Å². The summed E-state index contributed by atoms with van der Waals surface area (Å²) < 4.78 is 11.0. The molecule has 0 aliphatic carbocycles. The van der Waals surface area contributed by atoms with Crippen molar-refractivity contribution < 1.29 is 14.6 Å². The third kappa shape index (κ3) is 0.736. The molecule has 4 atom stereocenters. The standard InChI is InChI=1S/C8H14O3/c1-3-8-5(2)11-6(4-10-8)7(8)9/h5-7,9H,3-4H2,1-2H3/t5-,6-,7-,8-/m0/s1. The van der Waals surface area contributed by atoms with E-state index in [1.807, 2.05) is 13.8 Å². The van der Waals surface area contributed by atoms with Gasteiger partial charge in [-0.1, -0.05) is 6.92 Å². The van der Waals surface area contributed by atoms with E-state index in [-0.39, 0.29) is 12.2 Å². The first-order chi connectivity index (χ1) is 5.20. The summed E-state index contributed by atoms with van der Waals surface area (Å²) in [5.41, 5.74) is -0.398. The van der Waals surface area contributed by atoms with Crippen LogP contribution >= 0.6 is 0 Å². The van der Waals surface area contributed by atoms with Crippen molar-refractivity contribution in [3.05, 3.63) is 0 Å². The maximum atomic E-state index is 9.70. The third-order valence-corrected chi connectivity index (χ3v) is 2.99. The summed E-state index contributed by atoms with van der Waals surface area (Å²) >= 11 is 0. The second kappa shape index (κ2) is 2.19. The quantitative estimate of drug-likeness (QED) is 0.597. The van der Waals surface area contributed by atoms with E-state index >= 15 is 0 Å². The topological polar surface area (TPSA) is 38.7 Å². The second-order valence-corrected chi connectivity index (χ2v) is 3.38. The summed E-state index contributed by atoms with van der Waals surface area (Å²) in [6.07, 6.45) is 0.375. The third-order valence-electron chi connectivity index (χ3n) is 2.99. The lowest BCUT2D eigenvalue weighted by atomic mass is 9.91. The van der Waals surface area contributed by atoms with Gasteiger partial charge in [0, 0.05) is 0 Å². The molecule has 0 aromatic rings. The number of hydrogen-bond donors (Lipinski definition) is 1. The number of aliphatic hydroxyl groups excluding tert-OH is 1. The molecule has 0 radical (unpaired) electrons. The first-order valence-corrected chi connectivity index (χ1v) is 4.18. The van der Waals surface area contributed by atoms with Crippen molar-refractivity contribution in [1.82, 2.24) is 0 Å². The lowest BCUT2D eigenvalue weighted by Crippen LogP contribution is -2.44. The largest absolute Gasteiger partial charge is 0.387 e. The highest BCUT2D eigenvalue weighted by molar-refractivity contribution is 5.07. The molecule has 2 fully saturated rings. The van der Waals surface area contributed by atoms with Gasteiger partial charge in [0.2, 0.25) is 0 Å². The normalized spacial score (nSPS) is 55.4. The first-order valence-electron chi connectivity index (χ1n) is 4.18. The number of ether oxygens (including phenoxy) is 2. The van der Waals surface area contributed by atoms with Gasteiger partial charge >= 0.3 is 0 Å². The molecule has 0 spiro atoms. The molecule has 64 valence electrons. The molecule has 0 saturated carbocycles. The van der Waals surface area contributed by atoms with Crippen LogP contribution in [-0.2, 0) is 9.47 Å². The molecule has 2 aliphatic heterocycles. The van der Waals surface area contributed by atoms with Crippen molar-refractivity contribution in [3.8, 4) is 0 Å². The van der Waals surface area contributed by atoms with E-state index in [1.54, 1.807) is 0 Å². The molecule has 11 heavy (non-hydrogen) atoms. The highest BCUT2D eigenvalue weighted by Gasteiger charge is 2.59. The zero-order valence-electron chi connectivity index (χ0n) is 6.91. The van der Waals surface area contributed by atoms with Crippen LogP contribution in [0.15, 0.2) is 0 Å². The maximum Gasteiger partial charge on any atom is 0.122 e. The zero-order chi connectivity index (χ0) is 8.06. The van der Waals surface area contributed by atoms with Crippen LogP contribution in [-0.4, -0.2) is 35.6 Å². The van der Waals surface area contributed by atoms with Crippen LogP contribution in [0, 0.1) is 0 Å². The van der Waals surface area contributed by atoms with Crippen molar-refractivity contribution in [2.24, 2.45) is 0 Å². The van der Waals surface area contributed by atoms with Gasteiger partial charge in [-0.05, 0) is 13.3 Å². The van der Waals surface area contributed by atoms with Crippen molar-refractivity contribution in [1.29, 1.82) is 0 Å². The van der Waals surface area contributed by atoms with Gasteiger partial charge in [0.25, 0.3) is 0 Å². The molecule has 2 bridgehead atoms. The Morgan fingerprint density at radius 1 is 1.64 bits per heavy atom. The molecular weight excluding hydrogens is 144 g/mol. The molecule has 2 aliphatic rings. The second-order valence-electron chi connectivity index (χ2n) is 3.38. The molecule has 2 rings (SSSR count). The summed E-state index contributed by atoms with van der Waals surface area (Å²) in [7, 11) is 0. The summed E-state index contributed by atoms with van der Waals surface area (Å²) in [4.78, 5) is 0. The smallest absolute Gasteiger partial charge is 0.122 e. The first kappa shape index (κ1) is 7.53. The Morgan fingerprint density at radius 3 is 2.64 bits per heavy atom. The molecule has 0 amide bonds. The highest BCUT2D eigenvalue weighted by Crippen LogP contribution is 2.42. The van der Waals surface area contributed by atoms with E-state index in [2.05, 4.69) is 0 Å². The molecule has 2 heterocycles. The van der Waals surface area contributed by atoms with Crippen molar-refractivity contribution in [2.75, 3.05) is 6.61 Å². The van der Waals surface area contributed by atoms with Crippen LogP contribution in [0.1, 0.15) is 20.3 Å². The average Bonchev–Trinajstić information content (AvgIpc) is 2.42. The minimum absolute atomic E-state index is 0.0428. The number of rotatable bonds is 1. The fraction of sp³-hybridized carbons (Fsp3) is 1.00. The van der Waals surface area contributed by atoms with Crippen molar-refractivity contribution in [2.45, 2.75) is 44.2 Å². The Balaban J connectivity index is 2.28. The molecule has 2 saturated heterocycles. The Kier molecular flexibility index (Phi) is 1.50. The fourth-order valence-corrected chi connectivity index (χ4v) is 2.18. The van der Waals surface area contributed by atoms with Gasteiger partial charge < -0.3 is 14.6 Å². The van der Waals surface area contributed by atoms with Crippen LogP contribution in [0.4, 0.5) is 0 Å². The van der Waals surface area contributed by atoms with Crippen molar-refractivity contribution >= 4 is 0 Å². The zero-order valence-corrected chi connectivity index (χ0v) is 6.91. The van der Waals surface area contributed by atoms with Gasteiger partial charge in [0.15, 0.2) is 0 Å². The average molecular weight is 158 g/mol. The van der Waals surface area contributed by atoms with Crippen LogP contribution in [0.25, 0.3) is 0 Å². The van der Waals surface area contributed by atoms with Gasteiger partial charge in [-0.2, -0.15) is 0 Å². The molecule has 0 aromatic heterocycles. The van der Waals surface area contributed by atoms with Gasteiger partial charge in [-0.15, -0.1) is 0 Å². The summed E-state index contributed by atoms with van der Waals surface area (Å²) in [6, 6.07) is 0. The van der Waals surface area contributed by atoms with Crippen LogP contribution in [0.2, 0.25) is 0 Å². The summed E-state index contributed by atoms with van der Waals surface area (Å²) in [6.45, 7) is 4.54. The Hall–Kier alpha value is -0.120. The van der Waals surface area contributed by atoms with Crippen LogP contribution in [0.5, 0.6) is 0 Å². The monoisotopic (exact) mass is 158 g/mol. The van der Waals surface area contributed by atoms with E-state index < -0.39 is 11.7 Å². The van der Waals surface area contributed by atoms with E-state index in [0.717, 1.165) is 6.42 Å². The Morgan fingerprint density at radius 2 is 2.36 bits per heavy atom. The van der Waals surface area contributed by atoms with Gasteiger partial charge in [0.05, 0.1) is 12.7 Å². The van der Waals surface area contributed by atoms with Gasteiger partial charge in [-0.25, -0.2) is 0 Å². The molecule has 0 aromatic carbocycles. The van der Waals surface area contributed by atoms with Crippen molar-refractivity contribution in [3.63, 3.8) is 0 Å². The predicted molar refractivity (Wildman–Crippen MR) is 39.3 cm³/mol. The van der Waals surface area contributed by atoms with Gasteiger partial charge in [-0.3, -0.25) is 0 Å². The molecular formula is C8H14O3. The van der Waals surface area contributed by atoms with E-state index in [4.69, 9.17) is 9.47 Å². The Labute approximate surface area is 66.3 Å². The van der Waals surface area contributed by atoms with Gasteiger partial charge in [0.1, 0.15) is 17.8 Å². The lowest BCUT2D eigenvalue weighted by molar-refractivity contribution is -0.144. The summed E-state index contributed by atoms with van der Waals surface area (Å²) in [5.74, 6) is 0. The van der Waals surface area contributed by atoms with E-state index in [0.29, 0.717) is 6.61 Å². The minimum atomic E-state index is -0.414. The highest BCUT2D eigenvalue weighted by atomic mass is 16.6. The fourth-order valence-electron chi connectivity index (χ4n) is 2.18. The predicted octanol–water partition coefficient (Wildman–Crippen LogP) is 0.314.